The van der Waals surface area contributed by atoms with Crippen molar-refractivity contribution in [3.05, 3.63) is 59.2 Å². The molecule has 0 radical (unpaired) electrons. The highest BCUT2D eigenvalue weighted by Gasteiger charge is 2.37. The maximum atomic E-state index is 13.6. The zero-order valence-corrected chi connectivity index (χ0v) is 21.3. The predicted molar refractivity (Wildman–Crippen MR) is 138 cm³/mol. The van der Waals surface area contributed by atoms with Crippen LogP contribution in [0.15, 0.2) is 42.5 Å². The Morgan fingerprint density at radius 1 is 1.11 bits per heavy atom. The van der Waals surface area contributed by atoms with Crippen LogP contribution in [0.2, 0.25) is 0 Å². The maximum absolute atomic E-state index is 13.6. The minimum Gasteiger partial charge on any atom is -0.508 e. The van der Waals surface area contributed by atoms with Crippen LogP contribution in [-0.4, -0.2) is 45.3 Å². The molecule has 2 atom stereocenters. The molecule has 0 aliphatic rings. The molecular weight excluding hydrogens is 466 g/mol. The van der Waals surface area contributed by atoms with E-state index in [0.717, 1.165) is 16.0 Å². The van der Waals surface area contributed by atoms with Crippen molar-refractivity contribution in [1.82, 2.24) is 10.2 Å². The monoisotopic (exact) mass is 497 g/mol. The number of aryl methyl sites for hydroxylation is 2. The molecule has 2 unspecified atom stereocenters. The topological polar surface area (TPSA) is 108 Å². The number of alkyl carbamates (subject to hydrolysis) is 1. The number of terminal acetylenes is 1. The summed E-state index contributed by atoms with van der Waals surface area (Å²) >= 11 is 4.17. The Labute approximate surface area is 211 Å². The van der Waals surface area contributed by atoms with Crippen molar-refractivity contribution in [1.29, 1.82) is 0 Å². The number of hydrogen-bond donors (Lipinski definition) is 4. The van der Waals surface area contributed by atoms with E-state index in [1.54, 1.807) is 32.9 Å². The van der Waals surface area contributed by atoms with Gasteiger partial charge in [0.1, 0.15) is 17.4 Å². The number of para-hydroxylation sites is 2. The lowest BCUT2D eigenvalue weighted by atomic mass is 10.0. The molecule has 0 saturated heterocycles. The van der Waals surface area contributed by atoms with E-state index in [1.165, 1.54) is 12.1 Å². The van der Waals surface area contributed by atoms with Gasteiger partial charge >= 0.3 is 6.09 Å². The van der Waals surface area contributed by atoms with Crippen LogP contribution in [0.3, 0.4) is 0 Å². The second-order valence-electron chi connectivity index (χ2n) is 8.94. The van der Waals surface area contributed by atoms with Crippen molar-refractivity contribution in [2.45, 2.75) is 52.3 Å². The first-order chi connectivity index (χ1) is 16.4. The fraction of sp³-hybridized carbons (Fsp3) is 0.346. The van der Waals surface area contributed by atoms with E-state index in [2.05, 4.69) is 29.3 Å². The summed E-state index contributed by atoms with van der Waals surface area (Å²) in [5, 5.41) is 15.8. The summed E-state index contributed by atoms with van der Waals surface area (Å²) in [5.74, 6) is -1.73. The minimum absolute atomic E-state index is 0.109. The average molecular weight is 498 g/mol. The number of aromatic hydroxyl groups is 1. The highest BCUT2D eigenvalue weighted by atomic mass is 32.1. The Balaban J connectivity index is 2.46. The van der Waals surface area contributed by atoms with E-state index in [-0.39, 0.29) is 17.1 Å². The number of carbonyl (C=O) groups excluding carboxylic acids is 3. The molecule has 0 saturated carbocycles. The molecule has 8 nitrogen and oxygen atoms in total. The molecule has 186 valence electrons. The normalized spacial score (nSPS) is 12.6. The number of hydrogen-bond acceptors (Lipinski definition) is 6. The molecule has 2 aromatic carbocycles. The number of nitrogens with one attached hydrogen (secondary N) is 2. The number of nitrogens with zero attached hydrogens (tertiary/aromatic N) is 1. The first-order valence-corrected chi connectivity index (χ1v) is 11.6. The van der Waals surface area contributed by atoms with E-state index < -0.39 is 35.6 Å². The third kappa shape index (κ3) is 7.17. The van der Waals surface area contributed by atoms with Gasteiger partial charge in [-0.2, -0.15) is 12.6 Å². The summed E-state index contributed by atoms with van der Waals surface area (Å²) in [4.78, 5) is 40.1. The number of anilines is 1. The number of amides is 3. The van der Waals surface area contributed by atoms with Gasteiger partial charge in [0, 0.05) is 23.0 Å². The van der Waals surface area contributed by atoms with Crippen LogP contribution in [-0.2, 0) is 14.3 Å². The summed E-state index contributed by atoms with van der Waals surface area (Å²) in [5.41, 5.74) is 1.53. The largest absolute Gasteiger partial charge is 0.508 e. The fourth-order valence-electron chi connectivity index (χ4n) is 3.39. The molecule has 2 aromatic rings. The Hall–Kier alpha value is -3.64. The smallest absolute Gasteiger partial charge is 0.408 e. The van der Waals surface area contributed by atoms with Crippen molar-refractivity contribution in [2.75, 3.05) is 11.1 Å². The van der Waals surface area contributed by atoms with Crippen molar-refractivity contribution >= 4 is 36.2 Å². The maximum Gasteiger partial charge on any atom is 0.408 e. The van der Waals surface area contributed by atoms with Crippen molar-refractivity contribution < 1.29 is 24.2 Å². The molecule has 0 heterocycles. The quantitative estimate of drug-likeness (QED) is 0.263. The van der Waals surface area contributed by atoms with Gasteiger partial charge in [-0.1, -0.05) is 42.8 Å². The van der Waals surface area contributed by atoms with Gasteiger partial charge in [-0.15, -0.1) is 0 Å². The van der Waals surface area contributed by atoms with Crippen LogP contribution in [0.5, 0.6) is 5.75 Å². The second kappa shape index (κ2) is 11.7. The van der Waals surface area contributed by atoms with Gasteiger partial charge in [0.2, 0.25) is 0 Å². The molecule has 0 bridgehead atoms. The van der Waals surface area contributed by atoms with Gasteiger partial charge < -0.3 is 20.5 Å². The molecule has 3 N–H and O–H groups in total. The fourth-order valence-corrected chi connectivity index (χ4v) is 3.64. The van der Waals surface area contributed by atoms with Crippen LogP contribution < -0.4 is 10.6 Å². The Morgan fingerprint density at radius 3 is 2.23 bits per heavy atom. The highest BCUT2D eigenvalue weighted by Crippen LogP contribution is 2.31. The number of thiol groups is 1. The van der Waals surface area contributed by atoms with Crippen LogP contribution in [0.4, 0.5) is 10.5 Å². The van der Waals surface area contributed by atoms with Crippen LogP contribution in [0.25, 0.3) is 0 Å². The Morgan fingerprint density at radius 2 is 1.71 bits per heavy atom. The molecule has 2 rings (SSSR count). The third-order valence-electron chi connectivity index (χ3n) is 5.02. The van der Waals surface area contributed by atoms with Gasteiger partial charge in [-0.25, -0.2) is 4.79 Å². The summed E-state index contributed by atoms with van der Waals surface area (Å²) in [6.45, 7) is 8.73. The van der Waals surface area contributed by atoms with Gasteiger partial charge in [0.15, 0.2) is 6.04 Å². The van der Waals surface area contributed by atoms with E-state index >= 15 is 0 Å². The van der Waals surface area contributed by atoms with E-state index in [9.17, 15) is 19.5 Å². The standard InChI is InChI=1S/C26H31N3O5S/c1-7-29(24(32)19(15-35)27-25(33)34-26(4,5)6)22(18-13-8-9-14-20(18)30)23(31)28-21-16(2)11-10-12-17(21)3/h1,8-14,19,22,30,35H,15H2,2-6H3,(H,27,33)(H,28,31). The number of phenols is 1. The number of ether oxygens (including phenoxy) is 1. The van der Waals surface area contributed by atoms with Gasteiger partial charge in [0.25, 0.3) is 11.8 Å². The summed E-state index contributed by atoms with van der Waals surface area (Å²) < 4.78 is 5.22. The van der Waals surface area contributed by atoms with Gasteiger partial charge in [-0.05, 0) is 51.8 Å². The highest BCUT2D eigenvalue weighted by molar-refractivity contribution is 7.80. The van der Waals surface area contributed by atoms with Crippen molar-refractivity contribution in [3.8, 4) is 18.2 Å². The Kier molecular flexibility index (Phi) is 9.20. The number of rotatable bonds is 7. The second-order valence-corrected chi connectivity index (χ2v) is 9.30. The molecule has 0 aromatic heterocycles. The van der Waals surface area contributed by atoms with Crippen molar-refractivity contribution in [3.63, 3.8) is 0 Å². The van der Waals surface area contributed by atoms with E-state index in [0.29, 0.717) is 5.69 Å². The average Bonchev–Trinajstić information content (AvgIpc) is 2.77. The molecule has 3 amide bonds. The summed E-state index contributed by atoms with van der Waals surface area (Å²) in [6.07, 6.45) is 4.87. The summed E-state index contributed by atoms with van der Waals surface area (Å²) in [7, 11) is 0. The molecule has 35 heavy (non-hydrogen) atoms. The SMILES string of the molecule is C#CN(C(=O)C(CS)NC(=O)OC(C)(C)C)C(C(=O)Nc1c(C)cccc1C)c1ccccc1O. The molecule has 0 spiro atoms. The lowest BCUT2D eigenvalue weighted by Crippen LogP contribution is -2.51. The molecular formula is C26H31N3O5S. The number of phenolic OH excluding ortho intramolecular Hbond substituents is 1. The minimum atomic E-state index is -1.39. The van der Waals surface area contributed by atoms with Crippen LogP contribution in [0.1, 0.15) is 43.5 Å². The molecule has 9 heteroatoms. The van der Waals surface area contributed by atoms with E-state index in [4.69, 9.17) is 11.2 Å². The van der Waals surface area contributed by atoms with Gasteiger partial charge in [-0.3, -0.25) is 14.5 Å². The zero-order valence-electron chi connectivity index (χ0n) is 20.5. The first-order valence-electron chi connectivity index (χ1n) is 10.9. The van der Waals surface area contributed by atoms with Crippen LogP contribution >= 0.6 is 12.6 Å². The molecule has 0 aliphatic carbocycles. The predicted octanol–water partition coefficient (Wildman–Crippen LogP) is 3.93. The van der Waals surface area contributed by atoms with Crippen molar-refractivity contribution in [2.24, 2.45) is 0 Å². The molecule has 0 aliphatic heterocycles. The zero-order chi connectivity index (χ0) is 26.3. The summed E-state index contributed by atoms with van der Waals surface area (Å²) in [6, 6.07) is 11.3. The lowest BCUT2D eigenvalue weighted by molar-refractivity contribution is -0.136. The lowest BCUT2D eigenvalue weighted by Gasteiger charge is -2.30. The van der Waals surface area contributed by atoms with E-state index in [1.807, 2.05) is 32.0 Å². The number of carbonyl (C=O) groups is 3. The number of benzene rings is 2. The molecule has 0 fully saturated rings. The van der Waals surface area contributed by atoms with Gasteiger partial charge in [0.05, 0.1) is 0 Å². The first kappa shape index (κ1) is 27.6. The van der Waals surface area contributed by atoms with Crippen LogP contribution in [0, 0.1) is 26.3 Å². The third-order valence-corrected chi connectivity index (χ3v) is 5.38. The Bertz CT molecular complexity index is 1120.